The van der Waals surface area contributed by atoms with Crippen LogP contribution in [0.2, 0.25) is 0 Å². The number of aromatic nitrogens is 2. The number of sulfonamides is 1. The number of imidazole rings is 1. The molecule has 12 nitrogen and oxygen atoms in total. The molecule has 3 amide bonds. The number of ether oxygens (including phenoxy) is 1. The van der Waals surface area contributed by atoms with Gasteiger partial charge < -0.3 is 29.9 Å². The summed E-state index contributed by atoms with van der Waals surface area (Å²) in [5, 5.41) is 15.7. The lowest BCUT2D eigenvalue weighted by Crippen LogP contribution is -2.50. The van der Waals surface area contributed by atoms with Crippen molar-refractivity contribution in [2.75, 3.05) is 32.1 Å². The third-order valence-electron chi connectivity index (χ3n) is 7.67. The van der Waals surface area contributed by atoms with E-state index in [1.807, 2.05) is 6.92 Å². The Hall–Kier alpha value is -3.16. The quantitative estimate of drug-likeness (QED) is 0.437. The van der Waals surface area contributed by atoms with Gasteiger partial charge in [-0.1, -0.05) is 32.3 Å². The normalized spacial score (nSPS) is 21.2. The summed E-state index contributed by atoms with van der Waals surface area (Å²) in [4.78, 5) is 32.2. The highest BCUT2D eigenvalue weighted by Crippen LogP contribution is 2.35. The van der Waals surface area contributed by atoms with E-state index in [2.05, 4.69) is 15.6 Å². The molecule has 4 rings (SSSR count). The van der Waals surface area contributed by atoms with E-state index in [1.54, 1.807) is 41.6 Å². The van der Waals surface area contributed by atoms with Gasteiger partial charge in [0.05, 0.1) is 36.8 Å². The molecule has 1 aromatic carbocycles. The summed E-state index contributed by atoms with van der Waals surface area (Å²) in [5.41, 5.74) is 0.535. The van der Waals surface area contributed by atoms with E-state index in [-0.39, 0.29) is 53.9 Å². The van der Waals surface area contributed by atoms with E-state index in [1.165, 1.54) is 23.9 Å². The number of amides is 3. The SMILES string of the molecule is C[C@@H]1CN([C@H](C)CO)C(=O)c2cccc(NC(=O)NC3CCCCC3)c2O[C@@H]1CN(C)S(=O)(=O)c1cn(C)cn1. The minimum Gasteiger partial charge on any atom is -0.486 e. The number of rotatable bonds is 8. The number of urea groups is 1. The molecule has 1 saturated carbocycles. The van der Waals surface area contributed by atoms with E-state index in [9.17, 15) is 23.1 Å². The Labute approximate surface area is 235 Å². The zero-order chi connectivity index (χ0) is 29.0. The molecular formula is C27H40N6O6S. The van der Waals surface area contributed by atoms with Crippen LogP contribution in [0.5, 0.6) is 5.75 Å². The van der Waals surface area contributed by atoms with Gasteiger partial charge >= 0.3 is 6.03 Å². The maximum atomic E-state index is 13.7. The number of fused-ring (bicyclic) bond motifs is 1. The zero-order valence-corrected chi connectivity index (χ0v) is 24.4. The Balaban J connectivity index is 1.65. The maximum absolute atomic E-state index is 13.7. The van der Waals surface area contributed by atoms with Crippen LogP contribution < -0.4 is 15.4 Å². The molecule has 0 unspecified atom stereocenters. The third-order valence-corrected chi connectivity index (χ3v) is 9.38. The summed E-state index contributed by atoms with van der Waals surface area (Å²) in [6.45, 7) is 3.58. The van der Waals surface area contributed by atoms with Gasteiger partial charge in [-0.05, 0) is 31.9 Å². The molecule has 0 saturated heterocycles. The highest BCUT2D eigenvalue weighted by molar-refractivity contribution is 7.89. The van der Waals surface area contributed by atoms with Gasteiger partial charge in [0.15, 0.2) is 10.8 Å². The van der Waals surface area contributed by atoms with Crippen molar-refractivity contribution in [3.8, 4) is 5.75 Å². The van der Waals surface area contributed by atoms with E-state index in [0.29, 0.717) is 5.69 Å². The van der Waals surface area contributed by atoms with Crippen LogP contribution in [0.1, 0.15) is 56.3 Å². The summed E-state index contributed by atoms with van der Waals surface area (Å²) in [6.07, 6.45) is 7.29. The second-order valence-corrected chi connectivity index (χ2v) is 12.9. The smallest absolute Gasteiger partial charge is 0.319 e. The molecule has 2 aliphatic rings. The fraction of sp³-hybridized carbons (Fsp3) is 0.593. The Kier molecular flexibility index (Phi) is 9.37. The average Bonchev–Trinajstić information content (AvgIpc) is 3.38. The van der Waals surface area contributed by atoms with Gasteiger partial charge in [-0.2, -0.15) is 4.31 Å². The highest BCUT2D eigenvalue weighted by Gasteiger charge is 2.36. The molecule has 0 radical (unpaired) electrons. The number of hydrogen-bond acceptors (Lipinski definition) is 7. The number of aliphatic hydroxyl groups is 1. The number of likely N-dealkylation sites (N-methyl/N-ethyl adjacent to an activating group) is 1. The minimum atomic E-state index is -3.91. The largest absolute Gasteiger partial charge is 0.486 e. The molecule has 3 atom stereocenters. The van der Waals surface area contributed by atoms with Crippen molar-refractivity contribution in [1.29, 1.82) is 0 Å². The summed E-state index contributed by atoms with van der Waals surface area (Å²) in [7, 11) is -0.760. The Morgan fingerprint density at radius 2 is 2.00 bits per heavy atom. The number of nitrogens with zero attached hydrogens (tertiary/aromatic N) is 4. The molecule has 1 fully saturated rings. The second kappa shape index (κ2) is 12.6. The minimum absolute atomic E-state index is 0.0301. The number of anilines is 1. The van der Waals surface area contributed by atoms with Gasteiger partial charge in [0, 0.05) is 38.8 Å². The molecule has 0 spiro atoms. The molecule has 220 valence electrons. The summed E-state index contributed by atoms with van der Waals surface area (Å²) < 4.78 is 35.6. The van der Waals surface area contributed by atoms with Crippen LogP contribution in [0.4, 0.5) is 10.5 Å². The lowest BCUT2D eigenvalue weighted by atomic mass is 9.96. The number of aryl methyl sites for hydroxylation is 1. The molecule has 13 heteroatoms. The number of para-hydroxylation sites is 1. The predicted molar refractivity (Wildman–Crippen MR) is 150 cm³/mol. The van der Waals surface area contributed by atoms with Gasteiger partial charge in [0.2, 0.25) is 0 Å². The number of hydrogen-bond donors (Lipinski definition) is 3. The second-order valence-electron chi connectivity index (χ2n) is 10.9. The summed E-state index contributed by atoms with van der Waals surface area (Å²) in [6, 6.07) is 4.14. The monoisotopic (exact) mass is 576 g/mol. The van der Waals surface area contributed by atoms with Crippen LogP contribution >= 0.6 is 0 Å². The van der Waals surface area contributed by atoms with Gasteiger partial charge in [0.25, 0.3) is 15.9 Å². The van der Waals surface area contributed by atoms with Crippen molar-refractivity contribution in [1.82, 2.24) is 24.1 Å². The van der Waals surface area contributed by atoms with Crippen LogP contribution in [0.15, 0.2) is 35.7 Å². The fourth-order valence-corrected chi connectivity index (χ4v) is 6.33. The van der Waals surface area contributed by atoms with Crippen molar-refractivity contribution in [2.45, 2.75) is 69.2 Å². The van der Waals surface area contributed by atoms with Gasteiger partial charge in [-0.3, -0.25) is 4.79 Å². The molecule has 40 heavy (non-hydrogen) atoms. The number of aliphatic hydroxyl groups excluding tert-OH is 1. The Morgan fingerprint density at radius 3 is 2.65 bits per heavy atom. The Morgan fingerprint density at radius 1 is 1.27 bits per heavy atom. The first-order valence-electron chi connectivity index (χ1n) is 13.7. The van der Waals surface area contributed by atoms with Crippen LogP contribution in [0.3, 0.4) is 0 Å². The van der Waals surface area contributed by atoms with Crippen molar-refractivity contribution < 1.29 is 27.9 Å². The first kappa shape index (κ1) is 29.8. The maximum Gasteiger partial charge on any atom is 0.319 e. The topological polar surface area (TPSA) is 146 Å². The van der Waals surface area contributed by atoms with Crippen LogP contribution in [0, 0.1) is 5.92 Å². The average molecular weight is 577 g/mol. The Bertz CT molecular complexity index is 1310. The van der Waals surface area contributed by atoms with Gasteiger partial charge in [-0.15, -0.1) is 0 Å². The molecule has 0 bridgehead atoms. The zero-order valence-electron chi connectivity index (χ0n) is 23.5. The molecular weight excluding hydrogens is 536 g/mol. The van der Waals surface area contributed by atoms with E-state index in [4.69, 9.17) is 4.74 Å². The number of carbonyl (C=O) groups excluding carboxylic acids is 2. The number of carbonyl (C=O) groups is 2. The highest BCUT2D eigenvalue weighted by atomic mass is 32.2. The van der Waals surface area contributed by atoms with Gasteiger partial charge in [0.1, 0.15) is 6.10 Å². The van der Waals surface area contributed by atoms with Crippen molar-refractivity contribution in [3.63, 3.8) is 0 Å². The van der Waals surface area contributed by atoms with Crippen LogP contribution in [0.25, 0.3) is 0 Å². The molecule has 1 aliphatic heterocycles. The lowest BCUT2D eigenvalue weighted by molar-refractivity contribution is 0.0389. The fourth-order valence-electron chi connectivity index (χ4n) is 5.18. The molecule has 2 aromatic rings. The first-order valence-corrected chi connectivity index (χ1v) is 15.2. The van der Waals surface area contributed by atoms with Crippen molar-refractivity contribution in [3.05, 3.63) is 36.3 Å². The molecule has 2 heterocycles. The molecule has 3 N–H and O–H groups in total. The number of benzene rings is 1. The predicted octanol–water partition coefficient (Wildman–Crippen LogP) is 2.42. The van der Waals surface area contributed by atoms with Gasteiger partial charge in [-0.25, -0.2) is 18.2 Å². The van der Waals surface area contributed by atoms with Crippen molar-refractivity contribution in [2.24, 2.45) is 13.0 Å². The number of nitrogens with one attached hydrogen (secondary N) is 2. The lowest BCUT2D eigenvalue weighted by Gasteiger charge is -2.38. The molecule has 1 aliphatic carbocycles. The summed E-state index contributed by atoms with van der Waals surface area (Å²) >= 11 is 0. The standard InChI is InChI=1S/C27H40N6O6S/c1-18-13-33(19(2)16-34)26(35)21-11-8-12-22(30-27(36)29-20-9-6-5-7-10-20)25(21)39-23(18)14-32(4)40(37,38)24-15-31(3)17-28-24/h8,11-12,15,17-20,23,34H,5-7,9-10,13-14,16H2,1-4H3,(H2,29,30,36)/t18-,19-,23-/m1/s1. The van der Waals surface area contributed by atoms with Crippen LogP contribution in [-0.4, -0.2) is 89.2 Å². The van der Waals surface area contributed by atoms with E-state index in [0.717, 1.165) is 32.1 Å². The van der Waals surface area contributed by atoms with E-state index >= 15 is 0 Å². The van der Waals surface area contributed by atoms with Crippen LogP contribution in [-0.2, 0) is 17.1 Å². The summed E-state index contributed by atoms with van der Waals surface area (Å²) in [5.74, 6) is -0.495. The first-order chi connectivity index (χ1) is 19.0. The third kappa shape index (κ3) is 6.58. The van der Waals surface area contributed by atoms with E-state index < -0.39 is 28.2 Å². The van der Waals surface area contributed by atoms with Crippen molar-refractivity contribution >= 4 is 27.6 Å². The molecule has 1 aromatic heterocycles.